The Labute approximate surface area is 147 Å². The molecule has 1 amide bonds. The standard InChI is InChI=1S/C18H21ClN4O/c1-21-18(23(2)12-15-5-3-4-6-16(15)19)22-11-13-7-9-14(10-8-13)17(20)24/h3-10H,11-12H2,1-2H3,(H2,20,24)(H,21,22). The number of rotatable bonds is 5. The van der Waals surface area contributed by atoms with Gasteiger partial charge in [0.05, 0.1) is 0 Å². The highest BCUT2D eigenvalue weighted by Gasteiger charge is 2.09. The molecule has 126 valence electrons. The lowest BCUT2D eigenvalue weighted by Gasteiger charge is -2.22. The lowest BCUT2D eigenvalue weighted by Crippen LogP contribution is -2.38. The highest BCUT2D eigenvalue weighted by Crippen LogP contribution is 2.16. The molecule has 2 rings (SSSR count). The number of halogens is 1. The Kier molecular flexibility index (Phi) is 6.21. The van der Waals surface area contributed by atoms with Crippen LogP contribution in [0, 0.1) is 0 Å². The lowest BCUT2D eigenvalue weighted by molar-refractivity contribution is 0.100. The van der Waals surface area contributed by atoms with Crippen LogP contribution in [0.2, 0.25) is 5.02 Å². The summed E-state index contributed by atoms with van der Waals surface area (Å²) in [6.07, 6.45) is 0. The molecule has 0 saturated heterocycles. The van der Waals surface area contributed by atoms with Crippen LogP contribution in [0.15, 0.2) is 53.5 Å². The van der Waals surface area contributed by atoms with Crippen LogP contribution in [0.3, 0.4) is 0 Å². The van der Waals surface area contributed by atoms with Crippen molar-refractivity contribution < 1.29 is 4.79 Å². The first-order valence-corrected chi connectivity index (χ1v) is 7.93. The third kappa shape index (κ3) is 4.73. The fourth-order valence-corrected chi connectivity index (χ4v) is 2.51. The van der Waals surface area contributed by atoms with E-state index in [4.69, 9.17) is 17.3 Å². The molecule has 0 fully saturated rings. The van der Waals surface area contributed by atoms with Crippen molar-refractivity contribution in [1.82, 2.24) is 10.2 Å². The van der Waals surface area contributed by atoms with Gasteiger partial charge in [-0.25, -0.2) is 0 Å². The van der Waals surface area contributed by atoms with E-state index in [-0.39, 0.29) is 0 Å². The van der Waals surface area contributed by atoms with Crippen LogP contribution in [0.5, 0.6) is 0 Å². The van der Waals surface area contributed by atoms with Crippen molar-refractivity contribution in [2.45, 2.75) is 13.1 Å². The Balaban J connectivity index is 1.96. The second kappa shape index (κ2) is 8.36. The molecule has 0 aliphatic rings. The summed E-state index contributed by atoms with van der Waals surface area (Å²) in [4.78, 5) is 17.4. The Morgan fingerprint density at radius 1 is 1.21 bits per heavy atom. The van der Waals surface area contributed by atoms with Crippen LogP contribution in [-0.4, -0.2) is 30.9 Å². The molecule has 0 saturated carbocycles. The number of hydrogen-bond acceptors (Lipinski definition) is 2. The number of nitrogens with one attached hydrogen (secondary N) is 1. The first kappa shape index (κ1) is 17.8. The van der Waals surface area contributed by atoms with Crippen molar-refractivity contribution in [2.24, 2.45) is 10.7 Å². The molecule has 6 heteroatoms. The highest BCUT2D eigenvalue weighted by atomic mass is 35.5. The second-order valence-electron chi connectivity index (χ2n) is 5.41. The quantitative estimate of drug-likeness (QED) is 0.647. The van der Waals surface area contributed by atoms with Crippen molar-refractivity contribution in [1.29, 1.82) is 0 Å². The van der Waals surface area contributed by atoms with Crippen LogP contribution in [-0.2, 0) is 13.1 Å². The van der Waals surface area contributed by atoms with E-state index in [1.54, 1.807) is 19.2 Å². The highest BCUT2D eigenvalue weighted by molar-refractivity contribution is 6.31. The number of aliphatic imine (C=N–C) groups is 1. The third-order valence-electron chi connectivity index (χ3n) is 3.63. The van der Waals surface area contributed by atoms with Crippen molar-refractivity contribution in [2.75, 3.05) is 14.1 Å². The van der Waals surface area contributed by atoms with E-state index in [1.807, 2.05) is 48.3 Å². The largest absolute Gasteiger partial charge is 0.366 e. The predicted octanol–water partition coefficient (Wildman–Crippen LogP) is 2.65. The van der Waals surface area contributed by atoms with Gasteiger partial charge in [0.2, 0.25) is 5.91 Å². The zero-order valence-corrected chi connectivity index (χ0v) is 14.5. The summed E-state index contributed by atoms with van der Waals surface area (Å²) in [6, 6.07) is 14.9. The number of carbonyl (C=O) groups excluding carboxylic acids is 1. The third-order valence-corrected chi connectivity index (χ3v) is 4.00. The number of guanidine groups is 1. The van der Waals surface area contributed by atoms with Gasteiger partial charge in [-0.05, 0) is 29.3 Å². The van der Waals surface area contributed by atoms with Gasteiger partial charge in [-0.3, -0.25) is 9.79 Å². The van der Waals surface area contributed by atoms with Crippen molar-refractivity contribution in [3.8, 4) is 0 Å². The van der Waals surface area contributed by atoms with Gasteiger partial charge < -0.3 is 16.0 Å². The number of primary amides is 1. The van der Waals surface area contributed by atoms with Gasteiger partial charge in [0.25, 0.3) is 0 Å². The minimum atomic E-state index is -0.426. The Bertz CT molecular complexity index is 728. The monoisotopic (exact) mass is 344 g/mol. The summed E-state index contributed by atoms with van der Waals surface area (Å²) in [5, 5.41) is 4.03. The maximum atomic E-state index is 11.1. The number of nitrogens with zero attached hydrogens (tertiary/aromatic N) is 2. The Morgan fingerprint density at radius 3 is 2.46 bits per heavy atom. The topological polar surface area (TPSA) is 70.7 Å². The van der Waals surface area contributed by atoms with Gasteiger partial charge in [-0.1, -0.05) is 41.9 Å². The summed E-state index contributed by atoms with van der Waals surface area (Å²) in [7, 11) is 3.69. The molecular formula is C18H21ClN4O. The first-order valence-electron chi connectivity index (χ1n) is 7.55. The van der Waals surface area contributed by atoms with Gasteiger partial charge in [-0.2, -0.15) is 0 Å². The van der Waals surface area contributed by atoms with Crippen molar-refractivity contribution in [3.05, 3.63) is 70.2 Å². The second-order valence-corrected chi connectivity index (χ2v) is 5.82. The average Bonchev–Trinajstić information content (AvgIpc) is 2.58. The summed E-state index contributed by atoms with van der Waals surface area (Å²) in [5.74, 6) is 0.332. The molecule has 0 unspecified atom stereocenters. The molecule has 2 aromatic rings. The van der Waals surface area contributed by atoms with Gasteiger partial charge >= 0.3 is 0 Å². The first-order chi connectivity index (χ1) is 11.5. The van der Waals surface area contributed by atoms with Crippen LogP contribution < -0.4 is 11.1 Å². The summed E-state index contributed by atoms with van der Waals surface area (Å²) < 4.78 is 0. The number of benzene rings is 2. The molecule has 0 heterocycles. The molecule has 0 aliphatic heterocycles. The molecule has 24 heavy (non-hydrogen) atoms. The van der Waals surface area contributed by atoms with Crippen molar-refractivity contribution in [3.63, 3.8) is 0 Å². The van der Waals surface area contributed by atoms with E-state index in [0.29, 0.717) is 18.7 Å². The average molecular weight is 345 g/mol. The van der Waals surface area contributed by atoms with Gasteiger partial charge in [-0.15, -0.1) is 0 Å². The summed E-state index contributed by atoms with van der Waals surface area (Å²) in [6.45, 7) is 1.25. The molecule has 2 aromatic carbocycles. The molecule has 0 atom stereocenters. The van der Waals surface area contributed by atoms with E-state index in [0.717, 1.165) is 22.1 Å². The maximum absolute atomic E-state index is 11.1. The molecule has 0 spiro atoms. The Morgan fingerprint density at radius 2 is 1.88 bits per heavy atom. The van der Waals surface area contributed by atoms with Crippen LogP contribution in [0.4, 0.5) is 0 Å². The Hall–Kier alpha value is -2.53. The maximum Gasteiger partial charge on any atom is 0.248 e. The number of amides is 1. The van der Waals surface area contributed by atoms with Crippen LogP contribution in [0.25, 0.3) is 0 Å². The number of carbonyl (C=O) groups is 1. The normalized spacial score (nSPS) is 11.2. The van der Waals surface area contributed by atoms with E-state index < -0.39 is 5.91 Å². The molecule has 0 aliphatic carbocycles. The van der Waals surface area contributed by atoms with E-state index in [2.05, 4.69) is 10.3 Å². The summed E-state index contributed by atoms with van der Waals surface area (Å²) >= 11 is 6.20. The zero-order valence-electron chi connectivity index (χ0n) is 13.8. The smallest absolute Gasteiger partial charge is 0.248 e. The minimum Gasteiger partial charge on any atom is -0.366 e. The zero-order chi connectivity index (χ0) is 17.5. The lowest BCUT2D eigenvalue weighted by atomic mass is 10.1. The number of nitrogens with two attached hydrogens (primary N) is 1. The summed E-state index contributed by atoms with van der Waals surface area (Å²) in [5.41, 5.74) is 7.81. The minimum absolute atomic E-state index is 0.426. The van der Waals surface area contributed by atoms with Crippen molar-refractivity contribution >= 4 is 23.5 Å². The number of hydrogen-bond donors (Lipinski definition) is 2. The molecular weight excluding hydrogens is 324 g/mol. The van der Waals surface area contributed by atoms with Crippen LogP contribution in [0.1, 0.15) is 21.5 Å². The van der Waals surface area contributed by atoms with E-state index >= 15 is 0 Å². The molecule has 0 bridgehead atoms. The SMILES string of the molecule is CN=C(NCc1ccc(C(N)=O)cc1)N(C)Cc1ccccc1Cl. The molecule has 0 radical (unpaired) electrons. The van der Waals surface area contributed by atoms with E-state index in [1.165, 1.54) is 0 Å². The fraction of sp³-hybridized carbons (Fsp3) is 0.222. The molecule has 3 N–H and O–H groups in total. The van der Waals surface area contributed by atoms with Gasteiger partial charge in [0.1, 0.15) is 0 Å². The van der Waals surface area contributed by atoms with Gasteiger partial charge in [0.15, 0.2) is 5.96 Å². The fourth-order valence-electron chi connectivity index (χ4n) is 2.31. The van der Waals surface area contributed by atoms with E-state index in [9.17, 15) is 4.79 Å². The van der Waals surface area contributed by atoms with Crippen LogP contribution >= 0.6 is 11.6 Å². The van der Waals surface area contributed by atoms with Gasteiger partial charge in [0, 0.05) is 37.8 Å². The predicted molar refractivity (Wildman–Crippen MR) is 98.1 cm³/mol. The molecule has 0 aromatic heterocycles. The molecule has 5 nitrogen and oxygen atoms in total.